The van der Waals surface area contributed by atoms with Crippen LogP contribution in [0.3, 0.4) is 0 Å². The maximum Gasteiger partial charge on any atom is 0.331 e. The highest BCUT2D eigenvalue weighted by Gasteiger charge is 2.28. The van der Waals surface area contributed by atoms with Crippen molar-refractivity contribution in [3.8, 4) is 0 Å². The average molecular weight is 226 g/mol. The number of ether oxygens (including phenoxy) is 1. The number of carbonyl (C=O) groups excluding carboxylic acids is 1. The molecule has 1 aliphatic heterocycles. The zero-order valence-electron chi connectivity index (χ0n) is 10.2. The van der Waals surface area contributed by atoms with Crippen molar-refractivity contribution < 1.29 is 14.6 Å². The molecule has 0 bridgehead atoms. The van der Waals surface area contributed by atoms with Gasteiger partial charge >= 0.3 is 5.97 Å². The van der Waals surface area contributed by atoms with Crippen LogP contribution in [0.25, 0.3) is 0 Å². The Bertz CT molecular complexity index is 258. The van der Waals surface area contributed by atoms with Gasteiger partial charge in [0.15, 0.2) is 0 Å². The molecule has 0 saturated carbocycles. The summed E-state index contributed by atoms with van der Waals surface area (Å²) in [6.07, 6.45) is 7.07. The Labute approximate surface area is 97.5 Å². The summed E-state index contributed by atoms with van der Waals surface area (Å²) >= 11 is 0. The van der Waals surface area contributed by atoms with Crippen molar-refractivity contribution >= 4 is 5.97 Å². The number of unbranched alkanes of at least 4 members (excludes halogenated alkanes) is 4. The van der Waals surface area contributed by atoms with Crippen molar-refractivity contribution in [3.05, 3.63) is 11.6 Å². The van der Waals surface area contributed by atoms with Gasteiger partial charge in [-0.2, -0.15) is 0 Å². The van der Waals surface area contributed by atoms with Gasteiger partial charge in [0.05, 0.1) is 0 Å². The molecule has 1 aliphatic rings. The fraction of sp³-hybridized carbons (Fsp3) is 0.769. The highest BCUT2D eigenvalue weighted by atomic mass is 16.6. The van der Waals surface area contributed by atoms with E-state index in [0.717, 1.165) is 24.8 Å². The third-order valence-corrected chi connectivity index (χ3v) is 3.02. The summed E-state index contributed by atoms with van der Waals surface area (Å²) in [4.78, 5) is 11.2. The molecule has 0 aromatic carbocycles. The first-order valence-electron chi connectivity index (χ1n) is 6.22. The van der Waals surface area contributed by atoms with E-state index in [-0.39, 0.29) is 12.1 Å². The number of carbonyl (C=O) groups is 1. The maximum atomic E-state index is 11.2. The van der Waals surface area contributed by atoms with Crippen LogP contribution >= 0.6 is 0 Å². The lowest BCUT2D eigenvalue weighted by atomic mass is 9.98. The van der Waals surface area contributed by atoms with E-state index in [0.29, 0.717) is 0 Å². The van der Waals surface area contributed by atoms with E-state index in [1.54, 1.807) is 6.92 Å². The molecule has 1 rings (SSSR count). The molecule has 0 spiro atoms. The molecular formula is C13H22O3. The monoisotopic (exact) mass is 226 g/mol. The molecule has 0 aromatic heterocycles. The summed E-state index contributed by atoms with van der Waals surface area (Å²) < 4.78 is 5.11. The van der Waals surface area contributed by atoms with E-state index in [9.17, 15) is 9.90 Å². The number of hydrogen-bond acceptors (Lipinski definition) is 3. The fourth-order valence-corrected chi connectivity index (χ4v) is 1.98. The van der Waals surface area contributed by atoms with Crippen molar-refractivity contribution in [2.24, 2.45) is 0 Å². The SMILES string of the molecule is CCCCCCCC1OC(=O)C=C(C)C1O. The molecule has 0 amide bonds. The minimum absolute atomic E-state index is 0.318. The number of aliphatic hydroxyl groups excluding tert-OH is 1. The van der Waals surface area contributed by atoms with E-state index in [1.807, 2.05) is 0 Å². The summed E-state index contributed by atoms with van der Waals surface area (Å²) in [7, 11) is 0. The van der Waals surface area contributed by atoms with Gasteiger partial charge in [0, 0.05) is 6.08 Å². The number of hydrogen-bond donors (Lipinski definition) is 1. The van der Waals surface area contributed by atoms with E-state index in [2.05, 4.69) is 6.92 Å². The van der Waals surface area contributed by atoms with Gasteiger partial charge in [-0.3, -0.25) is 0 Å². The molecule has 1 N–H and O–H groups in total. The lowest BCUT2D eigenvalue weighted by molar-refractivity contribution is -0.150. The molecule has 1 heterocycles. The van der Waals surface area contributed by atoms with Crippen LogP contribution in [0.1, 0.15) is 52.4 Å². The highest BCUT2D eigenvalue weighted by molar-refractivity contribution is 5.84. The first-order valence-corrected chi connectivity index (χ1v) is 6.22. The topological polar surface area (TPSA) is 46.5 Å². The first kappa shape index (κ1) is 13.2. The summed E-state index contributed by atoms with van der Waals surface area (Å²) in [5.41, 5.74) is 0.717. The van der Waals surface area contributed by atoms with Gasteiger partial charge in [-0.1, -0.05) is 32.6 Å². The molecule has 2 atom stereocenters. The second kappa shape index (κ2) is 6.69. The molecule has 0 fully saturated rings. The zero-order valence-corrected chi connectivity index (χ0v) is 10.2. The van der Waals surface area contributed by atoms with Crippen molar-refractivity contribution in [1.82, 2.24) is 0 Å². The maximum absolute atomic E-state index is 11.2. The standard InChI is InChI=1S/C13H22O3/c1-3-4-5-6-7-8-11-13(15)10(2)9-12(14)16-11/h9,11,13,15H,3-8H2,1-2H3. The third-order valence-electron chi connectivity index (χ3n) is 3.02. The highest BCUT2D eigenvalue weighted by Crippen LogP contribution is 2.21. The molecule has 0 saturated heterocycles. The summed E-state index contributed by atoms with van der Waals surface area (Å²) in [6, 6.07) is 0. The van der Waals surface area contributed by atoms with Crippen LogP contribution in [0.2, 0.25) is 0 Å². The second-order valence-electron chi connectivity index (χ2n) is 4.51. The molecule has 3 nitrogen and oxygen atoms in total. The minimum Gasteiger partial charge on any atom is -0.456 e. The Hall–Kier alpha value is -0.830. The van der Waals surface area contributed by atoms with Gasteiger partial charge in [-0.25, -0.2) is 4.79 Å². The summed E-state index contributed by atoms with van der Waals surface area (Å²) in [5, 5.41) is 9.81. The molecule has 2 unspecified atom stereocenters. The summed E-state index contributed by atoms with van der Waals surface area (Å²) in [5.74, 6) is -0.318. The smallest absolute Gasteiger partial charge is 0.331 e. The van der Waals surface area contributed by atoms with Crippen molar-refractivity contribution in [2.75, 3.05) is 0 Å². The molecular weight excluding hydrogens is 204 g/mol. The molecule has 0 aromatic rings. The first-order chi connectivity index (χ1) is 7.65. The van der Waals surface area contributed by atoms with Gasteiger partial charge in [0.2, 0.25) is 0 Å². The Kier molecular flexibility index (Phi) is 5.53. The predicted molar refractivity (Wildman–Crippen MR) is 63.0 cm³/mol. The number of cyclic esters (lactones) is 1. The van der Waals surface area contributed by atoms with Gasteiger partial charge in [-0.15, -0.1) is 0 Å². The zero-order chi connectivity index (χ0) is 12.0. The van der Waals surface area contributed by atoms with Gasteiger partial charge in [0.25, 0.3) is 0 Å². The molecule has 92 valence electrons. The van der Waals surface area contributed by atoms with Crippen LogP contribution in [-0.4, -0.2) is 23.3 Å². The summed E-state index contributed by atoms with van der Waals surface area (Å²) in [6.45, 7) is 3.95. The second-order valence-corrected chi connectivity index (χ2v) is 4.51. The normalized spacial score (nSPS) is 25.2. The van der Waals surface area contributed by atoms with E-state index in [4.69, 9.17) is 4.74 Å². The van der Waals surface area contributed by atoms with Crippen LogP contribution in [0.4, 0.5) is 0 Å². The van der Waals surface area contributed by atoms with E-state index < -0.39 is 6.10 Å². The lowest BCUT2D eigenvalue weighted by Gasteiger charge is -2.27. The van der Waals surface area contributed by atoms with Crippen molar-refractivity contribution in [2.45, 2.75) is 64.6 Å². The Morgan fingerprint density at radius 2 is 2.00 bits per heavy atom. The van der Waals surface area contributed by atoms with Crippen LogP contribution in [0.5, 0.6) is 0 Å². The average Bonchev–Trinajstić information content (AvgIpc) is 2.24. The molecule has 16 heavy (non-hydrogen) atoms. The Morgan fingerprint density at radius 1 is 1.31 bits per heavy atom. The third kappa shape index (κ3) is 3.97. The largest absolute Gasteiger partial charge is 0.456 e. The minimum atomic E-state index is -0.608. The van der Waals surface area contributed by atoms with Crippen LogP contribution in [0.15, 0.2) is 11.6 Å². The molecule has 0 radical (unpaired) electrons. The molecule has 0 aliphatic carbocycles. The van der Waals surface area contributed by atoms with Crippen LogP contribution in [0, 0.1) is 0 Å². The Balaban J connectivity index is 2.27. The van der Waals surface area contributed by atoms with Crippen molar-refractivity contribution in [3.63, 3.8) is 0 Å². The van der Waals surface area contributed by atoms with Crippen LogP contribution < -0.4 is 0 Å². The number of aliphatic hydroxyl groups is 1. The van der Waals surface area contributed by atoms with Gasteiger partial charge < -0.3 is 9.84 Å². The van der Waals surface area contributed by atoms with Gasteiger partial charge in [-0.05, 0) is 25.3 Å². The van der Waals surface area contributed by atoms with E-state index >= 15 is 0 Å². The van der Waals surface area contributed by atoms with Gasteiger partial charge in [0.1, 0.15) is 12.2 Å². The predicted octanol–water partition coefficient (Wildman–Crippen LogP) is 2.58. The molecule has 3 heteroatoms. The lowest BCUT2D eigenvalue weighted by Crippen LogP contribution is -2.35. The van der Waals surface area contributed by atoms with Crippen molar-refractivity contribution in [1.29, 1.82) is 0 Å². The fourth-order valence-electron chi connectivity index (χ4n) is 1.98. The van der Waals surface area contributed by atoms with Crippen LogP contribution in [-0.2, 0) is 9.53 Å². The Morgan fingerprint density at radius 3 is 2.69 bits per heavy atom. The van der Waals surface area contributed by atoms with E-state index in [1.165, 1.54) is 25.3 Å². The quantitative estimate of drug-likeness (QED) is 0.559. The number of rotatable bonds is 6. The number of esters is 1.